The summed E-state index contributed by atoms with van der Waals surface area (Å²) in [5.41, 5.74) is 0.0735. The Morgan fingerprint density at radius 1 is 1.25 bits per heavy atom. The van der Waals surface area contributed by atoms with Crippen LogP contribution in [0.1, 0.15) is 40.0 Å². The zero-order valence-corrected chi connectivity index (χ0v) is 17.8. The molecule has 2 amide bonds. The summed E-state index contributed by atoms with van der Waals surface area (Å²) in [7, 11) is 1.55. The highest BCUT2D eigenvalue weighted by atomic mass is 35.5. The van der Waals surface area contributed by atoms with E-state index in [1.54, 1.807) is 25.3 Å². The third-order valence-corrected chi connectivity index (χ3v) is 4.63. The van der Waals surface area contributed by atoms with Gasteiger partial charge in [0.25, 0.3) is 0 Å². The SMILES string of the molecule is COc1ccc(Cl)cc1NC(=O)CCN1CCC(NC(=O)OC(C)(C)C)CC1. The number of alkyl carbamates (subject to hydrolysis) is 1. The normalized spacial score (nSPS) is 15.8. The topological polar surface area (TPSA) is 79.9 Å². The van der Waals surface area contributed by atoms with Gasteiger partial charge in [0.05, 0.1) is 12.8 Å². The van der Waals surface area contributed by atoms with E-state index in [2.05, 4.69) is 15.5 Å². The lowest BCUT2D eigenvalue weighted by molar-refractivity contribution is -0.116. The molecule has 2 N–H and O–H groups in total. The Morgan fingerprint density at radius 2 is 1.93 bits per heavy atom. The highest BCUT2D eigenvalue weighted by molar-refractivity contribution is 6.31. The molecule has 0 unspecified atom stereocenters. The number of benzene rings is 1. The average Bonchev–Trinajstić information content (AvgIpc) is 2.60. The van der Waals surface area contributed by atoms with E-state index in [-0.39, 0.29) is 18.0 Å². The molecule has 2 rings (SSSR count). The largest absolute Gasteiger partial charge is 0.495 e. The number of amides is 2. The number of methoxy groups -OCH3 is 1. The van der Waals surface area contributed by atoms with Crippen LogP contribution in [0.15, 0.2) is 18.2 Å². The fraction of sp³-hybridized carbons (Fsp3) is 0.600. The van der Waals surface area contributed by atoms with Gasteiger partial charge in [0.15, 0.2) is 0 Å². The van der Waals surface area contributed by atoms with E-state index < -0.39 is 5.60 Å². The van der Waals surface area contributed by atoms with Crippen LogP contribution >= 0.6 is 11.6 Å². The van der Waals surface area contributed by atoms with Crippen molar-refractivity contribution in [3.05, 3.63) is 23.2 Å². The molecular weight excluding hydrogens is 382 g/mol. The number of likely N-dealkylation sites (tertiary alicyclic amines) is 1. The van der Waals surface area contributed by atoms with Gasteiger partial charge in [0.1, 0.15) is 11.4 Å². The van der Waals surface area contributed by atoms with E-state index >= 15 is 0 Å². The fourth-order valence-corrected chi connectivity index (χ4v) is 3.20. The Hall–Kier alpha value is -1.99. The summed E-state index contributed by atoms with van der Waals surface area (Å²) < 4.78 is 10.5. The van der Waals surface area contributed by atoms with Crippen molar-refractivity contribution in [1.82, 2.24) is 10.2 Å². The Labute approximate surface area is 171 Å². The van der Waals surface area contributed by atoms with Crippen molar-refractivity contribution in [3.63, 3.8) is 0 Å². The maximum absolute atomic E-state index is 12.3. The number of piperidine rings is 1. The van der Waals surface area contributed by atoms with Crippen LogP contribution in [0, 0.1) is 0 Å². The third kappa shape index (κ3) is 7.56. The van der Waals surface area contributed by atoms with Gasteiger partial charge in [-0.25, -0.2) is 4.79 Å². The van der Waals surface area contributed by atoms with Gasteiger partial charge in [-0.15, -0.1) is 0 Å². The number of ether oxygens (including phenoxy) is 2. The van der Waals surface area contributed by atoms with Gasteiger partial charge < -0.3 is 25.0 Å². The first-order valence-corrected chi connectivity index (χ1v) is 9.89. The molecule has 1 fully saturated rings. The van der Waals surface area contributed by atoms with E-state index in [0.717, 1.165) is 25.9 Å². The summed E-state index contributed by atoms with van der Waals surface area (Å²) in [6, 6.07) is 5.22. The molecule has 7 nitrogen and oxygen atoms in total. The van der Waals surface area contributed by atoms with Crippen molar-refractivity contribution in [1.29, 1.82) is 0 Å². The molecule has 1 aliphatic rings. The molecule has 8 heteroatoms. The molecule has 28 heavy (non-hydrogen) atoms. The molecule has 0 aliphatic carbocycles. The van der Waals surface area contributed by atoms with E-state index in [9.17, 15) is 9.59 Å². The van der Waals surface area contributed by atoms with E-state index in [4.69, 9.17) is 21.1 Å². The minimum Gasteiger partial charge on any atom is -0.495 e. The summed E-state index contributed by atoms with van der Waals surface area (Å²) in [6.45, 7) is 7.86. The Balaban J connectivity index is 1.71. The first-order valence-electron chi connectivity index (χ1n) is 9.51. The predicted octanol–water partition coefficient (Wildman–Crippen LogP) is 3.67. The Kier molecular flexibility index (Phi) is 7.95. The molecule has 0 radical (unpaired) electrons. The molecule has 0 atom stereocenters. The monoisotopic (exact) mass is 411 g/mol. The molecule has 1 saturated heterocycles. The summed E-state index contributed by atoms with van der Waals surface area (Å²) in [5.74, 6) is 0.487. The van der Waals surface area contributed by atoms with Crippen LogP contribution in [-0.2, 0) is 9.53 Å². The van der Waals surface area contributed by atoms with Gasteiger partial charge in [-0.2, -0.15) is 0 Å². The van der Waals surface area contributed by atoms with Crippen molar-refractivity contribution in [3.8, 4) is 5.75 Å². The van der Waals surface area contributed by atoms with Gasteiger partial charge >= 0.3 is 6.09 Å². The van der Waals surface area contributed by atoms with Crippen molar-refractivity contribution >= 4 is 29.3 Å². The lowest BCUT2D eigenvalue weighted by atomic mass is 10.1. The Morgan fingerprint density at radius 3 is 2.54 bits per heavy atom. The summed E-state index contributed by atoms with van der Waals surface area (Å²) in [5, 5.41) is 6.31. The molecule has 1 aromatic carbocycles. The van der Waals surface area contributed by atoms with Crippen molar-refractivity contribution in [2.45, 2.75) is 51.7 Å². The van der Waals surface area contributed by atoms with Gasteiger partial charge in [0, 0.05) is 37.1 Å². The molecule has 156 valence electrons. The van der Waals surface area contributed by atoms with E-state index in [1.807, 2.05) is 20.8 Å². The van der Waals surface area contributed by atoms with Crippen LogP contribution in [0.4, 0.5) is 10.5 Å². The number of rotatable bonds is 6. The minimum atomic E-state index is -0.496. The van der Waals surface area contributed by atoms with Crippen LogP contribution in [0.5, 0.6) is 5.75 Å². The maximum atomic E-state index is 12.3. The summed E-state index contributed by atoms with van der Waals surface area (Å²) in [6.07, 6.45) is 1.67. The maximum Gasteiger partial charge on any atom is 0.407 e. The van der Waals surface area contributed by atoms with Gasteiger partial charge in [-0.05, 0) is 51.8 Å². The number of anilines is 1. The van der Waals surface area contributed by atoms with Crippen molar-refractivity contribution in [2.75, 3.05) is 32.1 Å². The number of nitrogens with one attached hydrogen (secondary N) is 2. The zero-order valence-electron chi connectivity index (χ0n) is 17.0. The molecule has 0 aromatic heterocycles. The minimum absolute atomic E-state index is 0.0884. The van der Waals surface area contributed by atoms with Crippen LogP contribution in [-0.4, -0.2) is 55.3 Å². The first kappa shape index (κ1) is 22.3. The molecule has 1 aromatic rings. The quantitative estimate of drug-likeness (QED) is 0.746. The number of hydrogen-bond acceptors (Lipinski definition) is 5. The van der Waals surface area contributed by atoms with Gasteiger partial charge in [0.2, 0.25) is 5.91 Å². The first-order chi connectivity index (χ1) is 13.2. The van der Waals surface area contributed by atoms with Crippen LogP contribution in [0.25, 0.3) is 0 Å². The molecule has 1 heterocycles. The average molecular weight is 412 g/mol. The van der Waals surface area contributed by atoms with Crippen LogP contribution in [0.2, 0.25) is 5.02 Å². The van der Waals surface area contributed by atoms with Gasteiger partial charge in [-0.1, -0.05) is 11.6 Å². The second-order valence-electron chi connectivity index (χ2n) is 7.90. The molecule has 0 saturated carbocycles. The summed E-state index contributed by atoms with van der Waals surface area (Å²) >= 11 is 5.99. The molecule has 1 aliphatic heterocycles. The highest BCUT2D eigenvalue weighted by Crippen LogP contribution is 2.27. The van der Waals surface area contributed by atoms with E-state index in [0.29, 0.717) is 29.4 Å². The fourth-order valence-electron chi connectivity index (χ4n) is 3.03. The lowest BCUT2D eigenvalue weighted by Gasteiger charge is -2.32. The number of nitrogens with zero attached hydrogens (tertiary/aromatic N) is 1. The van der Waals surface area contributed by atoms with E-state index in [1.165, 1.54) is 0 Å². The third-order valence-electron chi connectivity index (χ3n) is 4.40. The lowest BCUT2D eigenvalue weighted by Crippen LogP contribution is -2.46. The second-order valence-corrected chi connectivity index (χ2v) is 8.34. The zero-order chi connectivity index (χ0) is 20.7. The van der Waals surface area contributed by atoms with Crippen LogP contribution in [0.3, 0.4) is 0 Å². The van der Waals surface area contributed by atoms with Crippen molar-refractivity contribution < 1.29 is 19.1 Å². The second kappa shape index (κ2) is 9.98. The smallest absolute Gasteiger partial charge is 0.407 e. The number of carbonyl (C=O) groups is 2. The van der Waals surface area contributed by atoms with Crippen LogP contribution < -0.4 is 15.4 Å². The highest BCUT2D eigenvalue weighted by Gasteiger charge is 2.23. The summed E-state index contributed by atoms with van der Waals surface area (Å²) in [4.78, 5) is 26.3. The number of halogens is 1. The standard InChI is InChI=1S/C20H30ClN3O4/c1-20(2,3)28-19(26)22-15-7-10-24(11-8-15)12-9-18(25)23-16-13-14(21)5-6-17(16)27-4/h5-6,13,15H,7-12H2,1-4H3,(H,22,26)(H,23,25). The number of carbonyl (C=O) groups excluding carboxylic acids is 2. The van der Waals surface area contributed by atoms with Crippen molar-refractivity contribution in [2.24, 2.45) is 0 Å². The molecular formula is C20H30ClN3O4. The Bertz CT molecular complexity index is 683. The molecule has 0 bridgehead atoms. The number of hydrogen-bond donors (Lipinski definition) is 2. The molecule has 0 spiro atoms. The van der Waals surface area contributed by atoms with Gasteiger partial charge in [-0.3, -0.25) is 4.79 Å². The predicted molar refractivity (Wildman–Crippen MR) is 110 cm³/mol.